The molecule has 0 unspecified atom stereocenters. The molecular formula is C53H32N4S. The third kappa shape index (κ3) is 5.18. The Morgan fingerprint density at radius 2 is 1.00 bits per heavy atom. The van der Waals surface area contributed by atoms with E-state index < -0.39 is 0 Å². The zero-order valence-electron chi connectivity index (χ0n) is 31.2. The molecule has 0 fully saturated rings. The highest BCUT2D eigenvalue weighted by Gasteiger charge is 2.21. The minimum atomic E-state index is 0.637. The second kappa shape index (κ2) is 13.1. The van der Waals surface area contributed by atoms with Gasteiger partial charge < -0.3 is 4.57 Å². The maximum atomic E-state index is 5.37. The van der Waals surface area contributed by atoms with E-state index in [9.17, 15) is 0 Å². The zero-order valence-corrected chi connectivity index (χ0v) is 32.0. The lowest BCUT2D eigenvalue weighted by molar-refractivity contribution is 1.08. The van der Waals surface area contributed by atoms with Crippen molar-refractivity contribution in [1.29, 1.82) is 0 Å². The van der Waals surface area contributed by atoms with E-state index in [1.54, 1.807) is 11.3 Å². The Morgan fingerprint density at radius 3 is 1.83 bits per heavy atom. The summed E-state index contributed by atoms with van der Waals surface area (Å²) in [6.07, 6.45) is 0. The molecular weight excluding hydrogens is 725 g/mol. The van der Waals surface area contributed by atoms with Crippen LogP contribution in [0.2, 0.25) is 0 Å². The molecule has 0 aliphatic carbocycles. The lowest BCUT2D eigenvalue weighted by Gasteiger charge is -2.16. The fourth-order valence-corrected chi connectivity index (χ4v) is 9.87. The predicted molar refractivity (Wildman–Crippen MR) is 244 cm³/mol. The quantitative estimate of drug-likeness (QED) is 0.176. The summed E-state index contributed by atoms with van der Waals surface area (Å²) in [6.45, 7) is 0. The number of para-hydroxylation sites is 1. The molecule has 270 valence electrons. The minimum Gasteiger partial charge on any atom is -0.309 e. The molecule has 0 saturated heterocycles. The maximum Gasteiger partial charge on any atom is 0.164 e. The minimum absolute atomic E-state index is 0.637. The van der Waals surface area contributed by atoms with Crippen LogP contribution in [0.1, 0.15) is 0 Å². The summed E-state index contributed by atoms with van der Waals surface area (Å²) < 4.78 is 4.90. The number of fused-ring (bicyclic) bond motifs is 8. The van der Waals surface area contributed by atoms with E-state index >= 15 is 0 Å². The molecule has 9 aromatic carbocycles. The molecule has 0 amide bonds. The molecule has 58 heavy (non-hydrogen) atoms. The molecule has 0 radical (unpaired) electrons. The highest BCUT2D eigenvalue weighted by Crippen LogP contribution is 2.42. The van der Waals surface area contributed by atoms with E-state index in [-0.39, 0.29) is 0 Å². The largest absolute Gasteiger partial charge is 0.309 e. The molecule has 0 aliphatic rings. The molecule has 0 saturated carbocycles. The van der Waals surface area contributed by atoms with Crippen molar-refractivity contribution < 1.29 is 0 Å². The molecule has 0 spiro atoms. The van der Waals surface area contributed by atoms with Gasteiger partial charge in [0.2, 0.25) is 0 Å². The summed E-state index contributed by atoms with van der Waals surface area (Å²) >= 11 is 1.80. The Morgan fingerprint density at radius 1 is 0.345 bits per heavy atom. The molecule has 0 atom stereocenters. The second-order valence-electron chi connectivity index (χ2n) is 14.8. The normalized spacial score (nSPS) is 11.8. The van der Waals surface area contributed by atoms with Crippen molar-refractivity contribution in [2.24, 2.45) is 0 Å². The Labute approximate surface area is 338 Å². The number of thiophene rings is 1. The van der Waals surface area contributed by atoms with Crippen molar-refractivity contribution >= 4 is 74.9 Å². The van der Waals surface area contributed by atoms with Crippen molar-refractivity contribution in [1.82, 2.24) is 19.5 Å². The number of benzene rings is 9. The van der Waals surface area contributed by atoms with Crippen molar-refractivity contribution in [3.8, 4) is 51.0 Å². The standard InChI is InChI=1S/C53H32N4S/c1-3-14-33(15-4-1)37-26-27-38-40(28-29-46(43(38)31-37)57-45-23-11-9-20-39(45)44-30-35-18-7-8-19-36(35)32-47(44)57)52-54-51(34-16-5-2-6-17-34)55-53(56-52)42-22-13-25-49-50(42)41-21-10-12-24-48(41)58-49/h1-32H. The fourth-order valence-electron chi connectivity index (χ4n) is 8.74. The molecule has 4 nitrogen and oxygen atoms in total. The van der Waals surface area contributed by atoms with Crippen LogP contribution in [0.25, 0.3) is 115 Å². The van der Waals surface area contributed by atoms with Crippen LogP contribution in [0.15, 0.2) is 194 Å². The van der Waals surface area contributed by atoms with Crippen molar-refractivity contribution in [2.45, 2.75) is 0 Å². The summed E-state index contributed by atoms with van der Waals surface area (Å²) in [5.41, 5.74) is 8.65. The topological polar surface area (TPSA) is 43.6 Å². The Bertz CT molecular complexity index is 3570. The van der Waals surface area contributed by atoms with Crippen LogP contribution in [0.5, 0.6) is 0 Å². The molecule has 0 N–H and O–H groups in total. The first-order valence-corrected chi connectivity index (χ1v) is 20.3. The van der Waals surface area contributed by atoms with Crippen LogP contribution in [0, 0.1) is 0 Å². The monoisotopic (exact) mass is 756 g/mol. The number of nitrogens with zero attached hydrogens (tertiary/aromatic N) is 4. The summed E-state index contributed by atoms with van der Waals surface area (Å²) in [4.78, 5) is 15.8. The Balaban J connectivity index is 1.16. The van der Waals surface area contributed by atoms with E-state index in [1.165, 1.54) is 52.8 Å². The van der Waals surface area contributed by atoms with E-state index in [1.807, 2.05) is 18.2 Å². The van der Waals surface area contributed by atoms with Crippen molar-refractivity contribution in [3.63, 3.8) is 0 Å². The van der Waals surface area contributed by atoms with Gasteiger partial charge in [0.05, 0.1) is 16.7 Å². The van der Waals surface area contributed by atoms with Gasteiger partial charge in [-0.3, -0.25) is 0 Å². The van der Waals surface area contributed by atoms with Crippen LogP contribution >= 0.6 is 11.3 Å². The van der Waals surface area contributed by atoms with E-state index in [0.29, 0.717) is 17.5 Å². The molecule has 12 aromatic rings. The fraction of sp³-hybridized carbons (Fsp3) is 0. The van der Waals surface area contributed by atoms with Gasteiger partial charge in [-0.1, -0.05) is 146 Å². The van der Waals surface area contributed by atoms with E-state index in [2.05, 4.69) is 180 Å². The van der Waals surface area contributed by atoms with Crippen LogP contribution in [-0.4, -0.2) is 19.5 Å². The third-order valence-corrected chi connectivity index (χ3v) is 12.6. The van der Waals surface area contributed by atoms with Crippen molar-refractivity contribution in [3.05, 3.63) is 194 Å². The van der Waals surface area contributed by atoms with Crippen LogP contribution in [-0.2, 0) is 0 Å². The lowest BCUT2D eigenvalue weighted by Crippen LogP contribution is -2.02. The predicted octanol–water partition coefficient (Wildman–Crippen LogP) is 14.3. The van der Waals surface area contributed by atoms with Crippen LogP contribution < -0.4 is 0 Å². The summed E-state index contributed by atoms with van der Waals surface area (Å²) in [5.74, 6) is 1.94. The van der Waals surface area contributed by atoms with Gasteiger partial charge in [-0.2, -0.15) is 0 Å². The highest BCUT2D eigenvalue weighted by atomic mass is 32.1. The van der Waals surface area contributed by atoms with E-state index in [0.717, 1.165) is 44.2 Å². The molecule has 0 bridgehead atoms. The number of aromatic nitrogens is 4. The molecule has 3 heterocycles. The maximum absolute atomic E-state index is 5.37. The smallest absolute Gasteiger partial charge is 0.164 e. The second-order valence-corrected chi connectivity index (χ2v) is 15.9. The van der Waals surface area contributed by atoms with Gasteiger partial charge >= 0.3 is 0 Å². The Hall–Kier alpha value is -7.47. The molecule has 12 rings (SSSR count). The first kappa shape index (κ1) is 32.7. The molecule has 5 heteroatoms. The average Bonchev–Trinajstić information content (AvgIpc) is 3.83. The van der Waals surface area contributed by atoms with Crippen LogP contribution in [0.3, 0.4) is 0 Å². The van der Waals surface area contributed by atoms with Crippen LogP contribution in [0.4, 0.5) is 0 Å². The van der Waals surface area contributed by atoms with Crippen molar-refractivity contribution in [2.75, 3.05) is 0 Å². The first-order valence-electron chi connectivity index (χ1n) is 19.5. The van der Waals surface area contributed by atoms with Gasteiger partial charge in [-0.15, -0.1) is 11.3 Å². The first-order chi connectivity index (χ1) is 28.7. The molecule has 0 aliphatic heterocycles. The van der Waals surface area contributed by atoms with Gasteiger partial charge in [-0.25, -0.2) is 15.0 Å². The zero-order chi connectivity index (χ0) is 38.2. The summed E-state index contributed by atoms with van der Waals surface area (Å²) in [7, 11) is 0. The van der Waals surface area contributed by atoms with Gasteiger partial charge in [0, 0.05) is 53.0 Å². The number of hydrogen-bond acceptors (Lipinski definition) is 4. The van der Waals surface area contributed by atoms with Gasteiger partial charge in [0.25, 0.3) is 0 Å². The average molecular weight is 757 g/mol. The van der Waals surface area contributed by atoms with Gasteiger partial charge in [-0.05, 0) is 75.8 Å². The Kier molecular flexibility index (Phi) is 7.37. The van der Waals surface area contributed by atoms with Gasteiger partial charge in [0.1, 0.15) is 0 Å². The molecule has 3 aromatic heterocycles. The SMILES string of the molecule is c1ccc(-c2ccc3c(-c4nc(-c5ccccc5)nc(-c5cccc6sc7ccccc7c56)n4)ccc(-n4c5ccccc5c5cc6ccccc6cc54)c3c2)cc1. The summed E-state index contributed by atoms with van der Waals surface area (Å²) in [6, 6.07) is 69.3. The number of hydrogen-bond donors (Lipinski definition) is 0. The highest BCUT2D eigenvalue weighted by molar-refractivity contribution is 7.25. The van der Waals surface area contributed by atoms with E-state index in [4.69, 9.17) is 15.0 Å². The van der Waals surface area contributed by atoms with Gasteiger partial charge in [0.15, 0.2) is 17.5 Å². The summed E-state index contributed by atoms with van der Waals surface area (Å²) in [5, 5.41) is 9.47. The third-order valence-electron chi connectivity index (χ3n) is 11.4. The number of rotatable bonds is 5. The lowest BCUT2D eigenvalue weighted by atomic mass is 9.96.